The molecule has 0 aliphatic rings. The summed E-state index contributed by atoms with van der Waals surface area (Å²) in [4.78, 5) is 0.811. The number of thiocarbonyl (C=S) groups is 1. The van der Waals surface area contributed by atoms with Gasteiger partial charge in [-0.15, -0.1) is 11.3 Å². The summed E-state index contributed by atoms with van der Waals surface area (Å²) in [7, 11) is -3.67. The molecule has 4 rings (SSSR count). The lowest BCUT2D eigenvalue weighted by atomic mass is 10.1. The Bertz CT molecular complexity index is 1410. The van der Waals surface area contributed by atoms with Gasteiger partial charge in [0.25, 0.3) is 0 Å². The number of hydrogen-bond acceptors (Lipinski definition) is 5. The van der Waals surface area contributed by atoms with Crippen molar-refractivity contribution in [1.29, 1.82) is 0 Å². The molecule has 3 aromatic carbocycles. The normalized spacial score (nSPS) is 11.1. The summed E-state index contributed by atoms with van der Waals surface area (Å²) < 4.78 is 34.5. The average molecular weight is 558 g/mol. The number of halogens is 1. The molecule has 0 aliphatic carbocycles. The van der Waals surface area contributed by atoms with Crippen LogP contribution in [0.4, 0.5) is 5.69 Å². The largest absolute Gasteiger partial charge is 0.488 e. The summed E-state index contributed by atoms with van der Waals surface area (Å²) in [5, 5.41) is 7.03. The number of benzene rings is 3. The highest BCUT2D eigenvalue weighted by atomic mass is 35.5. The van der Waals surface area contributed by atoms with Gasteiger partial charge in [-0.3, -0.25) is 0 Å². The van der Waals surface area contributed by atoms with E-state index in [2.05, 4.69) is 15.4 Å². The van der Waals surface area contributed by atoms with Gasteiger partial charge in [0.05, 0.1) is 0 Å². The Morgan fingerprint density at radius 3 is 2.39 bits per heavy atom. The second kappa shape index (κ2) is 12.3. The van der Waals surface area contributed by atoms with E-state index in [9.17, 15) is 8.42 Å². The molecule has 186 valence electrons. The third-order valence-electron chi connectivity index (χ3n) is 5.04. The zero-order chi connectivity index (χ0) is 25.4. The number of anilines is 1. The summed E-state index contributed by atoms with van der Waals surface area (Å²) in [6, 6.07) is 28.0. The second-order valence-electron chi connectivity index (χ2n) is 7.67. The minimum Gasteiger partial charge on any atom is -0.488 e. The zero-order valence-electron chi connectivity index (χ0n) is 19.1. The number of para-hydroxylation sites is 1. The molecule has 10 heteroatoms. The number of nitrogens with one attached hydrogen (secondary N) is 3. The lowest BCUT2D eigenvalue weighted by molar-refractivity contribution is 0.307. The first-order chi connectivity index (χ1) is 17.4. The first kappa shape index (κ1) is 26.1. The highest BCUT2D eigenvalue weighted by Gasteiger charge is 2.18. The molecule has 0 atom stereocenters. The van der Waals surface area contributed by atoms with Crippen LogP contribution in [0.2, 0.25) is 5.02 Å². The predicted molar refractivity (Wildman–Crippen MR) is 151 cm³/mol. The van der Waals surface area contributed by atoms with Crippen LogP contribution in [-0.4, -0.2) is 26.6 Å². The van der Waals surface area contributed by atoms with E-state index in [1.54, 1.807) is 36.4 Å². The van der Waals surface area contributed by atoms with E-state index in [-0.39, 0.29) is 10.8 Å². The van der Waals surface area contributed by atoms with Gasteiger partial charge in [0.1, 0.15) is 16.6 Å². The van der Waals surface area contributed by atoms with Crippen LogP contribution in [-0.2, 0) is 16.6 Å². The quantitative estimate of drug-likeness (QED) is 0.166. The number of thiophene rings is 1. The van der Waals surface area contributed by atoms with E-state index >= 15 is 0 Å². The van der Waals surface area contributed by atoms with Crippen LogP contribution < -0.4 is 20.1 Å². The van der Waals surface area contributed by atoms with Crippen LogP contribution in [0, 0.1) is 0 Å². The van der Waals surface area contributed by atoms with Crippen molar-refractivity contribution in [3.05, 3.63) is 102 Å². The molecule has 0 amide bonds. The number of rotatable bonds is 10. The Morgan fingerprint density at radius 2 is 1.61 bits per heavy atom. The fourth-order valence-corrected chi connectivity index (χ4v) is 6.04. The maximum Gasteiger partial charge on any atom is 0.250 e. The fourth-order valence-electron chi connectivity index (χ4n) is 3.28. The van der Waals surface area contributed by atoms with E-state index in [0.29, 0.717) is 29.0 Å². The number of ether oxygens (including phenoxy) is 1. The molecular formula is C26H24ClN3O3S3. The first-order valence-corrected chi connectivity index (χ1v) is 14.2. The van der Waals surface area contributed by atoms with Crippen LogP contribution in [0.1, 0.15) is 5.56 Å². The number of sulfonamides is 1. The molecule has 0 saturated heterocycles. The molecule has 0 aliphatic heterocycles. The van der Waals surface area contributed by atoms with Gasteiger partial charge >= 0.3 is 0 Å². The molecule has 0 bridgehead atoms. The van der Waals surface area contributed by atoms with Crippen molar-refractivity contribution >= 4 is 56.0 Å². The van der Waals surface area contributed by atoms with Crippen LogP contribution in [0.25, 0.3) is 10.4 Å². The van der Waals surface area contributed by atoms with Crippen LogP contribution in [0.3, 0.4) is 0 Å². The van der Waals surface area contributed by atoms with Crippen molar-refractivity contribution < 1.29 is 13.2 Å². The maximum absolute atomic E-state index is 12.8. The van der Waals surface area contributed by atoms with Crippen molar-refractivity contribution in [3.8, 4) is 16.2 Å². The molecule has 6 nitrogen and oxygen atoms in total. The SMILES string of the molecule is O=S(=O)(NCCNC(=S)Nc1ccc(Cl)cc1)c1ccc(-c2ccccc2OCc2ccccc2)s1. The minimum atomic E-state index is -3.67. The Kier molecular flexibility index (Phi) is 8.95. The summed E-state index contributed by atoms with van der Waals surface area (Å²) in [6.07, 6.45) is 0. The van der Waals surface area contributed by atoms with Gasteiger partial charge in [-0.25, -0.2) is 13.1 Å². The molecule has 0 saturated carbocycles. The molecule has 0 radical (unpaired) electrons. The Labute approximate surface area is 225 Å². The van der Waals surface area contributed by atoms with Gasteiger partial charge in [-0.1, -0.05) is 54.1 Å². The smallest absolute Gasteiger partial charge is 0.250 e. The van der Waals surface area contributed by atoms with Gasteiger partial charge in [0.15, 0.2) is 5.11 Å². The predicted octanol–water partition coefficient (Wildman–Crippen LogP) is 5.91. The lowest BCUT2D eigenvalue weighted by Gasteiger charge is -2.11. The first-order valence-electron chi connectivity index (χ1n) is 11.1. The standard InChI is InChI=1S/C26H24ClN3O3S3/c27-20-10-12-21(13-11-20)30-26(34)28-16-17-29-36(31,32)25-15-14-24(35-25)22-8-4-5-9-23(22)33-18-19-6-2-1-3-7-19/h1-15,29H,16-18H2,(H2,28,30,34). The van der Waals surface area contributed by atoms with Gasteiger partial charge < -0.3 is 15.4 Å². The summed E-state index contributed by atoms with van der Waals surface area (Å²) in [5.41, 5.74) is 2.69. The van der Waals surface area contributed by atoms with E-state index in [1.807, 2.05) is 54.6 Å². The minimum absolute atomic E-state index is 0.175. The Hall–Kier alpha value is -2.95. The lowest BCUT2D eigenvalue weighted by Crippen LogP contribution is -2.36. The third kappa shape index (κ3) is 7.28. The molecule has 0 unspecified atom stereocenters. The molecule has 1 heterocycles. The summed E-state index contributed by atoms with van der Waals surface area (Å²) in [5.74, 6) is 0.700. The van der Waals surface area contributed by atoms with Gasteiger partial charge in [0.2, 0.25) is 10.0 Å². The average Bonchev–Trinajstić information content (AvgIpc) is 3.39. The fraction of sp³-hybridized carbons (Fsp3) is 0.115. The monoisotopic (exact) mass is 557 g/mol. The summed E-state index contributed by atoms with van der Waals surface area (Å²) in [6.45, 7) is 0.930. The molecule has 1 aromatic heterocycles. The summed E-state index contributed by atoms with van der Waals surface area (Å²) >= 11 is 12.3. The van der Waals surface area contributed by atoms with E-state index < -0.39 is 10.0 Å². The van der Waals surface area contributed by atoms with Crippen molar-refractivity contribution in [3.63, 3.8) is 0 Å². The van der Waals surface area contributed by atoms with Crippen LogP contribution in [0.5, 0.6) is 5.75 Å². The molecular weight excluding hydrogens is 534 g/mol. The van der Waals surface area contributed by atoms with Crippen molar-refractivity contribution in [2.24, 2.45) is 0 Å². The molecule has 3 N–H and O–H groups in total. The Morgan fingerprint density at radius 1 is 0.889 bits per heavy atom. The molecule has 0 spiro atoms. The van der Waals surface area contributed by atoms with E-state index in [4.69, 9.17) is 28.6 Å². The highest BCUT2D eigenvalue weighted by molar-refractivity contribution is 7.91. The second-order valence-corrected chi connectivity index (χ2v) is 11.6. The topological polar surface area (TPSA) is 79.5 Å². The van der Waals surface area contributed by atoms with Gasteiger partial charge in [0, 0.05) is 34.2 Å². The van der Waals surface area contributed by atoms with E-state index in [0.717, 1.165) is 21.7 Å². The molecule has 0 fully saturated rings. The van der Waals surface area contributed by atoms with Crippen molar-refractivity contribution in [2.45, 2.75) is 10.8 Å². The maximum atomic E-state index is 12.8. The zero-order valence-corrected chi connectivity index (χ0v) is 22.3. The van der Waals surface area contributed by atoms with Crippen molar-refractivity contribution in [2.75, 3.05) is 18.4 Å². The van der Waals surface area contributed by atoms with Gasteiger partial charge in [-0.2, -0.15) is 0 Å². The van der Waals surface area contributed by atoms with Crippen LogP contribution >= 0.6 is 35.2 Å². The van der Waals surface area contributed by atoms with E-state index in [1.165, 1.54) is 11.3 Å². The highest BCUT2D eigenvalue weighted by Crippen LogP contribution is 2.36. The molecule has 4 aromatic rings. The molecule has 36 heavy (non-hydrogen) atoms. The van der Waals surface area contributed by atoms with Crippen LogP contribution in [0.15, 0.2) is 95.2 Å². The van der Waals surface area contributed by atoms with Crippen molar-refractivity contribution in [1.82, 2.24) is 10.0 Å². The Balaban J connectivity index is 1.32. The number of hydrogen-bond donors (Lipinski definition) is 3. The third-order valence-corrected chi connectivity index (χ3v) is 8.61. The van der Waals surface area contributed by atoms with Gasteiger partial charge in [-0.05, 0) is 66.3 Å².